The third-order valence-electron chi connectivity index (χ3n) is 3.98. The first-order valence-electron chi connectivity index (χ1n) is 7.64. The van der Waals surface area contributed by atoms with Crippen LogP contribution < -0.4 is 15.4 Å². The number of rotatable bonds is 5. The van der Waals surface area contributed by atoms with Gasteiger partial charge >= 0.3 is 6.18 Å². The minimum Gasteiger partial charge on any atom is -0.496 e. The molecule has 1 saturated heterocycles. The molecule has 128 valence electrons. The van der Waals surface area contributed by atoms with E-state index in [9.17, 15) is 18.0 Å². The van der Waals surface area contributed by atoms with Gasteiger partial charge in [-0.25, -0.2) is 0 Å². The van der Waals surface area contributed by atoms with Crippen LogP contribution in [-0.2, 0) is 17.4 Å². The molecule has 1 heterocycles. The maximum atomic E-state index is 12.7. The van der Waals surface area contributed by atoms with Gasteiger partial charge in [0.05, 0.1) is 18.6 Å². The van der Waals surface area contributed by atoms with Crippen LogP contribution >= 0.6 is 0 Å². The second kappa shape index (κ2) is 7.68. The van der Waals surface area contributed by atoms with Crippen molar-refractivity contribution in [3.8, 4) is 5.75 Å². The van der Waals surface area contributed by atoms with Gasteiger partial charge in [0.2, 0.25) is 5.91 Å². The van der Waals surface area contributed by atoms with Gasteiger partial charge < -0.3 is 15.4 Å². The fourth-order valence-corrected chi connectivity index (χ4v) is 2.67. The summed E-state index contributed by atoms with van der Waals surface area (Å²) >= 11 is 0. The Balaban J connectivity index is 1.91. The monoisotopic (exact) mass is 330 g/mol. The first-order valence-corrected chi connectivity index (χ1v) is 7.64. The van der Waals surface area contributed by atoms with E-state index >= 15 is 0 Å². The average molecular weight is 330 g/mol. The van der Waals surface area contributed by atoms with Gasteiger partial charge in [-0.1, -0.05) is 6.07 Å². The number of hydrogen-bond donors (Lipinski definition) is 2. The van der Waals surface area contributed by atoms with Crippen molar-refractivity contribution in [3.05, 3.63) is 29.3 Å². The number of benzene rings is 1. The Morgan fingerprint density at radius 2 is 2.22 bits per heavy atom. The van der Waals surface area contributed by atoms with Crippen LogP contribution in [0.15, 0.2) is 18.2 Å². The van der Waals surface area contributed by atoms with E-state index in [1.165, 1.54) is 13.2 Å². The lowest BCUT2D eigenvalue weighted by Gasteiger charge is -2.22. The molecule has 23 heavy (non-hydrogen) atoms. The van der Waals surface area contributed by atoms with Gasteiger partial charge in [0.15, 0.2) is 0 Å². The molecule has 2 N–H and O–H groups in total. The molecule has 1 aromatic rings. The lowest BCUT2D eigenvalue weighted by molar-refractivity contribution is -0.137. The Bertz CT molecular complexity index is 541. The highest BCUT2D eigenvalue weighted by Crippen LogP contribution is 2.33. The van der Waals surface area contributed by atoms with Crippen molar-refractivity contribution in [2.75, 3.05) is 26.7 Å². The maximum absolute atomic E-state index is 12.7. The first kappa shape index (κ1) is 17.6. The molecule has 1 fully saturated rings. The van der Waals surface area contributed by atoms with Crippen LogP contribution in [0, 0.1) is 5.92 Å². The Morgan fingerprint density at radius 3 is 2.83 bits per heavy atom. The molecule has 1 aromatic carbocycles. The molecule has 7 heteroatoms. The Labute approximate surface area is 133 Å². The predicted octanol–water partition coefficient (Wildman–Crippen LogP) is 2.37. The van der Waals surface area contributed by atoms with Gasteiger partial charge in [0, 0.05) is 13.1 Å². The molecule has 1 aliphatic heterocycles. The number of alkyl halides is 3. The van der Waals surface area contributed by atoms with E-state index in [0.29, 0.717) is 25.1 Å². The number of amides is 1. The first-order chi connectivity index (χ1) is 10.9. The second-order valence-electron chi connectivity index (χ2n) is 5.61. The number of hydrogen-bond acceptors (Lipinski definition) is 3. The summed E-state index contributed by atoms with van der Waals surface area (Å²) in [5.74, 6) is 0.148. The lowest BCUT2D eigenvalue weighted by atomic mass is 9.99. The number of carbonyl (C=O) groups is 1. The number of halogens is 3. The molecule has 0 unspecified atom stereocenters. The fraction of sp³-hybridized carbons (Fsp3) is 0.562. The normalized spacial score (nSPS) is 18.5. The number of methoxy groups -OCH3 is 1. The summed E-state index contributed by atoms with van der Waals surface area (Å²) in [6.07, 6.45) is -2.13. The smallest absolute Gasteiger partial charge is 0.416 e. The zero-order chi connectivity index (χ0) is 16.9. The van der Waals surface area contributed by atoms with Crippen LogP contribution in [0.2, 0.25) is 0 Å². The van der Waals surface area contributed by atoms with Crippen LogP contribution in [0.25, 0.3) is 0 Å². The van der Waals surface area contributed by atoms with E-state index in [2.05, 4.69) is 10.6 Å². The van der Waals surface area contributed by atoms with Crippen molar-refractivity contribution in [2.24, 2.45) is 5.92 Å². The number of carbonyl (C=O) groups excluding carboxylic acids is 1. The van der Waals surface area contributed by atoms with E-state index in [1.807, 2.05) is 0 Å². The molecule has 2 rings (SSSR count). The Kier molecular flexibility index (Phi) is 5.87. The second-order valence-corrected chi connectivity index (χ2v) is 5.61. The van der Waals surface area contributed by atoms with Crippen molar-refractivity contribution >= 4 is 5.91 Å². The highest BCUT2D eigenvalue weighted by Gasteiger charge is 2.31. The third kappa shape index (κ3) is 4.86. The SMILES string of the molecule is COc1cc(C(F)(F)F)ccc1CCNC(=O)[C@@H]1CCCNC1. The molecule has 0 radical (unpaired) electrons. The summed E-state index contributed by atoms with van der Waals surface area (Å²) in [6, 6.07) is 3.42. The highest BCUT2D eigenvalue weighted by molar-refractivity contribution is 5.78. The summed E-state index contributed by atoms with van der Waals surface area (Å²) in [5, 5.41) is 6.02. The quantitative estimate of drug-likeness (QED) is 0.871. The molecular weight excluding hydrogens is 309 g/mol. The summed E-state index contributed by atoms with van der Waals surface area (Å²) in [7, 11) is 1.34. The number of ether oxygens (including phenoxy) is 1. The molecule has 0 spiro atoms. The molecule has 4 nitrogen and oxygen atoms in total. The van der Waals surface area contributed by atoms with Gasteiger partial charge in [0.25, 0.3) is 0 Å². The van der Waals surface area contributed by atoms with Crippen molar-refractivity contribution in [1.29, 1.82) is 0 Å². The van der Waals surface area contributed by atoms with Gasteiger partial charge in [-0.05, 0) is 43.5 Å². The maximum Gasteiger partial charge on any atom is 0.416 e. The molecular formula is C16H21F3N2O2. The topological polar surface area (TPSA) is 50.4 Å². The molecule has 1 amide bonds. The predicted molar refractivity (Wildman–Crippen MR) is 80.3 cm³/mol. The van der Waals surface area contributed by atoms with Crippen LogP contribution in [0.4, 0.5) is 13.2 Å². The number of piperidine rings is 1. The third-order valence-corrected chi connectivity index (χ3v) is 3.98. The van der Waals surface area contributed by atoms with Gasteiger partial charge in [-0.2, -0.15) is 13.2 Å². The van der Waals surface area contributed by atoms with Crippen LogP contribution in [0.5, 0.6) is 5.75 Å². The summed E-state index contributed by atoms with van der Waals surface area (Å²) in [4.78, 5) is 12.0. The van der Waals surface area contributed by atoms with Crippen LogP contribution in [0.3, 0.4) is 0 Å². The standard InChI is InChI=1S/C16H21F3N2O2/c1-23-14-9-13(16(17,18)19)5-4-11(14)6-8-21-15(22)12-3-2-7-20-10-12/h4-5,9,12,20H,2-3,6-8,10H2,1H3,(H,21,22)/t12-/m1/s1. The van der Waals surface area contributed by atoms with Gasteiger partial charge in [0.1, 0.15) is 5.75 Å². The van der Waals surface area contributed by atoms with Crippen LogP contribution in [-0.4, -0.2) is 32.7 Å². The zero-order valence-corrected chi connectivity index (χ0v) is 13.0. The molecule has 1 atom stereocenters. The zero-order valence-electron chi connectivity index (χ0n) is 13.0. The summed E-state index contributed by atoms with van der Waals surface area (Å²) in [5.41, 5.74) is -0.0991. The molecule has 0 aliphatic carbocycles. The highest BCUT2D eigenvalue weighted by atomic mass is 19.4. The Hall–Kier alpha value is -1.76. The largest absolute Gasteiger partial charge is 0.496 e. The van der Waals surface area contributed by atoms with Crippen molar-refractivity contribution in [1.82, 2.24) is 10.6 Å². The lowest BCUT2D eigenvalue weighted by Crippen LogP contribution is -2.41. The number of nitrogens with one attached hydrogen (secondary N) is 2. The molecule has 1 aliphatic rings. The van der Waals surface area contributed by atoms with Crippen molar-refractivity contribution in [2.45, 2.75) is 25.4 Å². The van der Waals surface area contributed by atoms with Gasteiger partial charge in [-0.15, -0.1) is 0 Å². The Morgan fingerprint density at radius 1 is 1.43 bits per heavy atom. The van der Waals surface area contributed by atoms with E-state index in [4.69, 9.17) is 4.74 Å². The van der Waals surface area contributed by atoms with E-state index in [0.717, 1.165) is 31.5 Å². The molecule has 0 bridgehead atoms. The molecule has 0 aromatic heterocycles. The average Bonchev–Trinajstić information content (AvgIpc) is 2.54. The fourth-order valence-electron chi connectivity index (χ4n) is 2.67. The van der Waals surface area contributed by atoms with Crippen molar-refractivity contribution in [3.63, 3.8) is 0 Å². The van der Waals surface area contributed by atoms with E-state index in [-0.39, 0.29) is 17.6 Å². The minimum absolute atomic E-state index is 0.0110. The summed E-state index contributed by atoms with van der Waals surface area (Å²) in [6.45, 7) is 1.99. The van der Waals surface area contributed by atoms with Crippen molar-refractivity contribution < 1.29 is 22.7 Å². The summed E-state index contributed by atoms with van der Waals surface area (Å²) < 4.78 is 43.1. The van der Waals surface area contributed by atoms with E-state index < -0.39 is 11.7 Å². The van der Waals surface area contributed by atoms with E-state index in [1.54, 1.807) is 0 Å². The molecule has 0 saturated carbocycles. The minimum atomic E-state index is -4.39. The van der Waals surface area contributed by atoms with Gasteiger partial charge in [-0.3, -0.25) is 4.79 Å². The van der Waals surface area contributed by atoms with Crippen LogP contribution in [0.1, 0.15) is 24.0 Å².